The summed E-state index contributed by atoms with van der Waals surface area (Å²) in [4.78, 5) is 0. The molecular weight excluding hydrogens is 200 g/mol. The smallest absolute Gasteiger partial charge is 0.273 e. The highest BCUT2D eigenvalue weighted by Gasteiger charge is 2.22. The Morgan fingerprint density at radius 1 is 1.20 bits per heavy atom. The van der Waals surface area contributed by atoms with Crippen molar-refractivity contribution in [3.05, 3.63) is 0 Å². The van der Waals surface area contributed by atoms with Crippen molar-refractivity contribution in [2.45, 2.75) is 32.3 Å². The third-order valence-electron chi connectivity index (χ3n) is 2.01. The Bertz CT molecular complexity index is 145. The van der Waals surface area contributed by atoms with Gasteiger partial charge in [0.15, 0.2) is 6.79 Å². The van der Waals surface area contributed by atoms with Gasteiger partial charge in [0.25, 0.3) is 6.48 Å². The molecule has 0 spiro atoms. The van der Waals surface area contributed by atoms with E-state index in [2.05, 4.69) is 6.92 Å². The van der Waals surface area contributed by atoms with Gasteiger partial charge in [0, 0.05) is 13.7 Å². The Hall–Kier alpha value is -0.200. The predicted molar refractivity (Wildman–Crippen MR) is 53.3 cm³/mol. The molecule has 0 aliphatic carbocycles. The molecule has 5 heteroatoms. The first-order valence-corrected chi connectivity index (χ1v) is 5.32. The average Bonchev–Trinajstić information content (AvgIpc) is 2.28. The van der Waals surface area contributed by atoms with Crippen LogP contribution >= 0.6 is 0 Å². The van der Waals surface area contributed by atoms with Gasteiger partial charge in [-0.1, -0.05) is 13.3 Å². The van der Waals surface area contributed by atoms with Gasteiger partial charge in [0.05, 0.1) is 13.2 Å². The van der Waals surface area contributed by atoms with Crippen LogP contribution in [0.15, 0.2) is 0 Å². The van der Waals surface area contributed by atoms with Crippen molar-refractivity contribution in [2.24, 2.45) is 0 Å². The third-order valence-corrected chi connectivity index (χ3v) is 2.01. The minimum absolute atomic E-state index is 0.0268. The Kier molecular flexibility index (Phi) is 6.87. The molecule has 0 atom stereocenters. The number of ether oxygens (including phenoxy) is 5. The number of rotatable bonds is 7. The summed E-state index contributed by atoms with van der Waals surface area (Å²) in [5.41, 5.74) is 0. The van der Waals surface area contributed by atoms with Gasteiger partial charge in [-0.3, -0.25) is 0 Å². The summed E-state index contributed by atoms with van der Waals surface area (Å²) in [6.45, 7) is 3.47. The maximum Gasteiger partial charge on any atom is 0.273 e. The lowest BCUT2D eigenvalue weighted by Crippen LogP contribution is -2.39. The fourth-order valence-corrected chi connectivity index (χ4v) is 1.18. The van der Waals surface area contributed by atoms with E-state index in [9.17, 15) is 0 Å². The van der Waals surface area contributed by atoms with Gasteiger partial charge in [0.2, 0.25) is 0 Å². The SMILES string of the molecule is CCCCOC1COC(OCOC)OC1. The highest BCUT2D eigenvalue weighted by molar-refractivity contribution is 4.59. The molecule has 1 saturated heterocycles. The fraction of sp³-hybridized carbons (Fsp3) is 1.00. The molecule has 90 valence electrons. The normalized spacial score (nSPS) is 26.8. The molecule has 1 rings (SSSR count). The van der Waals surface area contributed by atoms with E-state index >= 15 is 0 Å². The van der Waals surface area contributed by atoms with Crippen LogP contribution in [-0.2, 0) is 23.7 Å². The summed E-state index contributed by atoms with van der Waals surface area (Å²) in [7, 11) is 1.56. The van der Waals surface area contributed by atoms with E-state index in [4.69, 9.17) is 23.7 Å². The van der Waals surface area contributed by atoms with E-state index in [-0.39, 0.29) is 12.9 Å². The van der Waals surface area contributed by atoms with Gasteiger partial charge >= 0.3 is 0 Å². The maximum atomic E-state index is 5.54. The summed E-state index contributed by atoms with van der Waals surface area (Å²) in [5.74, 6) is 0. The van der Waals surface area contributed by atoms with Gasteiger partial charge in [-0.15, -0.1) is 0 Å². The van der Waals surface area contributed by atoms with E-state index in [1.165, 1.54) is 0 Å². The van der Waals surface area contributed by atoms with E-state index in [1.54, 1.807) is 7.11 Å². The molecule has 0 saturated carbocycles. The quantitative estimate of drug-likeness (QED) is 0.475. The summed E-state index contributed by atoms with van der Waals surface area (Å²) in [6, 6.07) is 0. The molecule has 0 bridgehead atoms. The van der Waals surface area contributed by atoms with E-state index in [0.29, 0.717) is 13.2 Å². The molecule has 0 aromatic carbocycles. The van der Waals surface area contributed by atoms with Crippen LogP contribution in [0.25, 0.3) is 0 Å². The Morgan fingerprint density at radius 2 is 1.93 bits per heavy atom. The summed E-state index contributed by atoms with van der Waals surface area (Å²) in [6.07, 6.45) is 2.23. The fourth-order valence-electron chi connectivity index (χ4n) is 1.18. The van der Waals surface area contributed by atoms with E-state index in [1.807, 2.05) is 0 Å². The van der Waals surface area contributed by atoms with Crippen LogP contribution in [0, 0.1) is 0 Å². The molecule has 0 N–H and O–H groups in total. The van der Waals surface area contributed by atoms with Crippen LogP contribution in [0.4, 0.5) is 0 Å². The Balaban J connectivity index is 2.02. The second-order valence-electron chi connectivity index (χ2n) is 3.37. The summed E-state index contributed by atoms with van der Waals surface area (Å²) in [5, 5.41) is 0. The topological polar surface area (TPSA) is 46.2 Å². The van der Waals surface area contributed by atoms with Crippen LogP contribution in [-0.4, -0.2) is 46.3 Å². The average molecular weight is 220 g/mol. The highest BCUT2D eigenvalue weighted by atomic mass is 16.9. The molecule has 1 fully saturated rings. The monoisotopic (exact) mass is 220 g/mol. The molecule has 1 heterocycles. The van der Waals surface area contributed by atoms with Gasteiger partial charge in [0.1, 0.15) is 6.10 Å². The number of unbranched alkanes of at least 4 members (excludes halogenated alkanes) is 1. The van der Waals surface area contributed by atoms with Crippen molar-refractivity contribution in [2.75, 3.05) is 33.7 Å². The van der Waals surface area contributed by atoms with Crippen LogP contribution in [0.2, 0.25) is 0 Å². The molecule has 15 heavy (non-hydrogen) atoms. The Morgan fingerprint density at radius 3 is 2.53 bits per heavy atom. The molecule has 0 aromatic rings. The van der Waals surface area contributed by atoms with Crippen LogP contribution in [0.1, 0.15) is 19.8 Å². The second-order valence-corrected chi connectivity index (χ2v) is 3.37. The van der Waals surface area contributed by atoms with Crippen molar-refractivity contribution in [1.29, 1.82) is 0 Å². The van der Waals surface area contributed by atoms with Crippen molar-refractivity contribution in [3.63, 3.8) is 0 Å². The molecule has 0 unspecified atom stereocenters. The standard InChI is InChI=1S/C10H20O5/c1-3-4-5-12-9-6-13-10(14-7-9)15-8-11-2/h9-10H,3-8H2,1-2H3. The Labute approximate surface area is 90.6 Å². The molecule has 1 aliphatic rings. The van der Waals surface area contributed by atoms with Crippen molar-refractivity contribution >= 4 is 0 Å². The first-order chi connectivity index (χ1) is 7.36. The summed E-state index contributed by atoms with van der Waals surface area (Å²) < 4.78 is 25.9. The van der Waals surface area contributed by atoms with Crippen molar-refractivity contribution in [3.8, 4) is 0 Å². The third kappa shape index (κ3) is 5.44. The number of hydrogen-bond donors (Lipinski definition) is 0. The molecule has 0 aromatic heterocycles. The zero-order valence-electron chi connectivity index (χ0n) is 9.44. The summed E-state index contributed by atoms with van der Waals surface area (Å²) >= 11 is 0. The van der Waals surface area contributed by atoms with Gasteiger partial charge in [-0.2, -0.15) is 0 Å². The minimum atomic E-state index is -0.615. The lowest BCUT2D eigenvalue weighted by Gasteiger charge is -2.28. The lowest BCUT2D eigenvalue weighted by molar-refractivity contribution is -0.347. The molecule has 0 amide bonds. The van der Waals surface area contributed by atoms with Crippen molar-refractivity contribution < 1.29 is 23.7 Å². The lowest BCUT2D eigenvalue weighted by atomic mass is 10.3. The van der Waals surface area contributed by atoms with Gasteiger partial charge in [-0.05, 0) is 6.42 Å². The van der Waals surface area contributed by atoms with Crippen LogP contribution < -0.4 is 0 Å². The first kappa shape index (κ1) is 12.9. The number of methoxy groups -OCH3 is 1. The first-order valence-electron chi connectivity index (χ1n) is 5.32. The largest absolute Gasteiger partial charge is 0.373 e. The van der Waals surface area contributed by atoms with Crippen LogP contribution in [0.3, 0.4) is 0 Å². The molecule has 5 nitrogen and oxygen atoms in total. The predicted octanol–water partition coefficient (Wildman–Crippen LogP) is 1.12. The minimum Gasteiger partial charge on any atom is -0.373 e. The van der Waals surface area contributed by atoms with Gasteiger partial charge in [-0.25, -0.2) is 0 Å². The number of hydrogen-bond acceptors (Lipinski definition) is 5. The molecule has 0 radical (unpaired) electrons. The molecular formula is C10H20O5. The van der Waals surface area contributed by atoms with Gasteiger partial charge < -0.3 is 23.7 Å². The van der Waals surface area contributed by atoms with Crippen LogP contribution in [0.5, 0.6) is 0 Å². The zero-order chi connectivity index (χ0) is 10.9. The van der Waals surface area contributed by atoms with E-state index < -0.39 is 6.48 Å². The van der Waals surface area contributed by atoms with E-state index in [0.717, 1.165) is 19.4 Å². The van der Waals surface area contributed by atoms with Crippen molar-refractivity contribution in [1.82, 2.24) is 0 Å². The maximum absolute atomic E-state index is 5.54. The highest BCUT2D eigenvalue weighted by Crippen LogP contribution is 2.10. The molecule has 1 aliphatic heterocycles. The zero-order valence-corrected chi connectivity index (χ0v) is 9.44. The second kappa shape index (κ2) is 8.01.